The lowest BCUT2D eigenvalue weighted by Gasteiger charge is -2.10. The maximum atomic E-state index is 11.4. The molecule has 0 saturated heterocycles. The van der Waals surface area contributed by atoms with Gasteiger partial charge in [0, 0.05) is 11.8 Å². The van der Waals surface area contributed by atoms with Gasteiger partial charge in [-0.2, -0.15) is 4.98 Å². The van der Waals surface area contributed by atoms with Crippen molar-refractivity contribution in [1.82, 2.24) is 19.9 Å². The third-order valence-corrected chi connectivity index (χ3v) is 2.17. The molecule has 2 aromatic rings. The van der Waals surface area contributed by atoms with Crippen LogP contribution in [0.2, 0.25) is 0 Å². The standard InChI is InChI=1S/C12H14N4O3/c1-7(2)19-9-4-8(5-13-6-9)10-14-11(17)16-12(15-10)18-3/h4-7H,1-3H3,(H,14,15,16,17). The van der Waals surface area contributed by atoms with Gasteiger partial charge in [-0.15, -0.1) is 4.98 Å². The highest BCUT2D eigenvalue weighted by Gasteiger charge is 2.08. The van der Waals surface area contributed by atoms with Crippen LogP contribution in [0.3, 0.4) is 0 Å². The summed E-state index contributed by atoms with van der Waals surface area (Å²) in [6.45, 7) is 3.84. The lowest BCUT2D eigenvalue weighted by atomic mass is 10.2. The van der Waals surface area contributed by atoms with Crippen LogP contribution in [0.25, 0.3) is 11.4 Å². The highest BCUT2D eigenvalue weighted by Crippen LogP contribution is 2.20. The van der Waals surface area contributed by atoms with Crippen LogP contribution in [0.15, 0.2) is 23.3 Å². The number of methoxy groups -OCH3 is 1. The highest BCUT2D eigenvalue weighted by atomic mass is 16.5. The number of pyridine rings is 1. The van der Waals surface area contributed by atoms with E-state index < -0.39 is 5.69 Å². The molecule has 2 aromatic heterocycles. The second-order valence-electron chi connectivity index (χ2n) is 4.06. The molecule has 7 nitrogen and oxygen atoms in total. The van der Waals surface area contributed by atoms with E-state index in [0.717, 1.165) is 0 Å². The molecule has 0 bridgehead atoms. The summed E-state index contributed by atoms with van der Waals surface area (Å²) in [6.07, 6.45) is 3.21. The Hall–Kier alpha value is -2.44. The van der Waals surface area contributed by atoms with Crippen LogP contribution in [-0.4, -0.2) is 33.1 Å². The maximum absolute atomic E-state index is 11.4. The smallest absolute Gasteiger partial charge is 0.351 e. The zero-order valence-corrected chi connectivity index (χ0v) is 10.9. The fourth-order valence-corrected chi connectivity index (χ4v) is 1.48. The molecular weight excluding hydrogens is 248 g/mol. The van der Waals surface area contributed by atoms with Crippen LogP contribution in [-0.2, 0) is 0 Å². The molecule has 0 aliphatic carbocycles. The molecule has 1 N–H and O–H groups in total. The molecule has 0 aliphatic rings. The van der Waals surface area contributed by atoms with Gasteiger partial charge in [0.1, 0.15) is 11.6 Å². The fourth-order valence-electron chi connectivity index (χ4n) is 1.48. The van der Waals surface area contributed by atoms with Crippen molar-refractivity contribution in [3.8, 4) is 23.1 Å². The normalized spacial score (nSPS) is 10.5. The second kappa shape index (κ2) is 5.47. The van der Waals surface area contributed by atoms with Crippen LogP contribution >= 0.6 is 0 Å². The van der Waals surface area contributed by atoms with Gasteiger partial charge in [0.15, 0.2) is 0 Å². The average molecular weight is 262 g/mol. The number of nitrogens with zero attached hydrogens (tertiary/aromatic N) is 3. The second-order valence-corrected chi connectivity index (χ2v) is 4.06. The Labute approximate surface area is 109 Å². The number of aromatic nitrogens is 4. The van der Waals surface area contributed by atoms with Gasteiger partial charge in [-0.05, 0) is 19.9 Å². The first-order chi connectivity index (χ1) is 9.08. The van der Waals surface area contributed by atoms with Gasteiger partial charge in [0.25, 0.3) is 0 Å². The molecule has 0 fully saturated rings. The minimum absolute atomic E-state index is 0.00827. The Balaban J connectivity index is 2.41. The summed E-state index contributed by atoms with van der Waals surface area (Å²) in [7, 11) is 1.40. The summed E-state index contributed by atoms with van der Waals surface area (Å²) in [5, 5.41) is 0. The zero-order valence-electron chi connectivity index (χ0n) is 10.9. The largest absolute Gasteiger partial charge is 0.489 e. The fraction of sp³-hybridized carbons (Fsp3) is 0.333. The van der Waals surface area contributed by atoms with Crippen molar-refractivity contribution in [3.05, 3.63) is 28.9 Å². The Bertz CT molecular complexity index is 624. The van der Waals surface area contributed by atoms with Crippen molar-refractivity contribution in [2.45, 2.75) is 20.0 Å². The van der Waals surface area contributed by atoms with Gasteiger partial charge in [-0.3, -0.25) is 9.97 Å². The first-order valence-corrected chi connectivity index (χ1v) is 5.73. The molecule has 19 heavy (non-hydrogen) atoms. The lowest BCUT2D eigenvalue weighted by molar-refractivity contribution is 0.241. The highest BCUT2D eigenvalue weighted by molar-refractivity contribution is 5.55. The topological polar surface area (TPSA) is 90.0 Å². The summed E-state index contributed by atoms with van der Waals surface area (Å²) < 4.78 is 10.4. The van der Waals surface area contributed by atoms with Crippen LogP contribution in [0.1, 0.15) is 13.8 Å². The molecule has 2 rings (SSSR count). The Morgan fingerprint density at radius 1 is 1.26 bits per heavy atom. The molecule has 0 atom stereocenters. The summed E-state index contributed by atoms with van der Waals surface area (Å²) in [6, 6.07) is 1.75. The summed E-state index contributed by atoms with van der Waals surface area (Å²) in [5.74, 6) is 0.935. The Kier molecular flexibility index (Phi) is 3.74. The molecule has 7 heteroatoms. The van der Waals surface area contributed by atoms with Crippen molar-refractivity contribution in [3.63, 3.8) is 0 Å². The van der Waals surface area contributed by atoms with Gasteiger partial charge in [0.05, 0.1) is 19.4 Å². The zero-order chi connectivity index (χ0) is 13.8. The van der Waals surface area contributed by atoms with E-state index in [2.05, 4.69) is 19.9 Å². The van der Waals surface area contributed by atoms with Gasteiger partial charge >= 0.3 is 11.7 Å². The first-order valence-electron chi connectivity index (χ1n) is 5.73. The number of hydrogen-bond donors (Lipinski definition) is 1. The number of H-pyrrole nitrogens is 1. The average Bonchev–Trinajstić information content (AvgIpc) is 2.37. The SMILES string of the molecule is COc1nc(-c2cncc(OC(C)C)c2)[nH]c(=O)n1. The summed E-state index contributed by atoms with van der Waals surface area (Å²) in [5.41, 5.74) is 0.0907. The first kappa shape index (κ1) is 13.0. The van der Waals surface area contributed by atoms with Gasteiger partial charge < -0.3 is 9.47 Å². The predicted octanol–water partition coefficient (Wildman–Crippen LogP) is 1.02. The lowest BCUT2D eigenvalue weighted by Crippen LogP contribution is -2.14. The van der Waals surface area contributed by atoms with E-state index in [1.165, 1.54) is 7.11 Å². The number of ether oxygens (including phenoxy) is 2. The van der Waals surface area contributed by atoms with Gasteiger partial charge in [0.2, 0.25) is 0 Å². The summed E-state index contributed by atoms with van der Waals surface area (Å²) in [4.78, 5) is 25.6. The van der Waals surface area contributed by atoms with E-state index in [1.807, 2.05) is 13.8 Å². The van der Waals surface area contributed by atoms with E-state index in [0.29, 0.717) is 17.1 Å². The molecule has 0 amide bonds. The molecule has 2 heterocycles. The molecule has 0 saturated carbocycles. The monoisotopic (exact) mass is 262 g/mol. The van der Waals surface area contributed by atoms with Crippen molar-refractivity contribution < 1.29 is 9.47 Å². The van der Waals surface area contributed by atoms with E-state index >= 15 is 0 Å². The van der Waals surface area contributed by atoms with Crippen LogP contribution in [0.5, 0.6) is 11.8 Å². The molecule has 0 spiro atoms. The minimum atomic E-state index is -0.531. The van der Waals surface area contributed by atoms with Crippen molar-refractivity contribution in [1.29, 1.82) is 0 Å². The molecule has 0 aromatic carbocycles. The van der Waals surface area contributed by atoms with Gasteiger partial charge in [-0.25, -0.2) is 4.79 Å². The van der Waals surface area contributed by atoms with Crippen LogP contribution in [0.4, 0.5) is 0 Å². The van der Waals surface area contributed by atoms with E-state index in [9.17, 15) is 4.79 Å². The number of nitrogens with one attached hydrogen (secondary N) is 1. The number of rotatable bonds is 4. The van der Waals surface area contributed by atoms with Gasteiger partial charge in [-0.1, -0.05) is 0 Å². The quantitative estimate of drug-likeness (QED) is 0.884. The maximum Gasteiger partial charge on any atom is 0.351 e. The third-order valence-electron chi connectivity index (χ3n) is 2.17. The molecule has 0 aliphatic heterocycles. The Morgan fingerprint density at radius 2 is 2.05 bits per heavy atom. The van der Waals surface area contributed by atoms with Crippen molar-refractivity contribution >= 4 is 0 Å². The number of aromatic amines is 1. The van der Waals surface area contributed by atoms with E-state index in [1.54, 1.807) is 18.5 Å². The summed E-state index contributed by atoms with van der Waals surface area (Å²) >= 11 is 0. The van der Waals surface area contributed by atoms with E-state index in [-0.39, 0.29) is 12.1 Å². The van der Waals surface area contributed by atoms with Crippen molar-refractivity contribution in [2.24, 2.45) is 0 Å². The van der Waals surface area contributed by atoms with Crippen molar-refractivity contribution in [2.75, 3.05) is 7.11 Å². The third kappa shape index (κ3) is 3.27. The number of hydrogen-bond acceptors (Lipinski definition) is 6. The minimum Gasteiger partial charge on any atom is -0.489 e. The molecule has 100 valence electrons. The predicted molar refractivity (Wildman–Crippen MR) is 68.2 cm³/mol. The van der Waals surface area contributed by atoms with E-state index in [4.69, 9.17) is 9.47 Å². The molecular formula is C12H14N4O3. The molecule has 0 radical (unpaired) electrons. The Morgan fingerprint density at radius 3 is 2.74 bits per heavy atom. The molecule has 0 unspecified atom stereocenters. The van der Waals surface area contributed by atoms with Crippen LogP contribution < -0.4 is 15.2 Å². The van der Waals surface area contributed by atoms with Crippen LogP contribution in [0, 0.1) is 0 Å².